The maximum Gasteiger partial charge on any atom is 0.323 e. The van der Waals surface area contributed by atoms with Crippen molar-refractivity contribution in [2.75, 3.05) is 0 Å². The van der Waals surface area contributed by atoms with Gasteiger partial charge < -0.3 is 0 Å². The first kappa shape index (κ1) is 10.9. The van der Waals surface area contributed by atoms with Gasteiger partial charge in [0.2, 0.25) is 11.7 Å². The van der Waals surface area contributed by atoms with Gasteiger partial charge in [-0.3, -0.25) is 0 Å². The predicted octanol–water partition coefficient (Wildman–Crippen LogP) is 2.45. The molecule has 0 saturated carbocycles. The Morgan fingerprint density at radius 1 is 1.00 bits per heavy atom. The summed E-state index contributed by atoms with van der Waals surface area (Å²) in [6.07, 6.45) is -7.72. The first-order chi connectivity index (χ1) is 4.80. The summed E-state index contributed by atoms with van der Waals surface area (Å²) in [6.45, 7) is 0. The van der Waals surface area contributed by atoms with E-state index in [1.807, 2.05) is 0 Å². The first-order valence-corrected chi connectivity index (χ1v) is 2.94. The average Bonchev–Trinajstić information content (AvgIpc) is 1.85. The summed E-state index contributed by atoms with van der Waals surface area (Å²) in [5.41, 5.74) is -3.22. The highest BCUT2D eigenvalue weighted by atomic mass is 32.1. The summed E-state index contributed by atoms with van der Waals surface area (Å²) in [6, 6.07) is 0. The second kappa shape index (κ2) is 3.55. The lowest BCUT2D eigenvalue weighted by atomic mass is 10.2. The molecule has 7 heteroatoms. The molecule has 11 heavy (non-hydrogen) atoms. The van der Waals surface area contributed by atoms with Crippen LogP contribution in [0.5, 0.6) is 0 Å². The fourth-order valence-electron chi connectivity index (χ4n) is 0.299. The number of halogens is 6. The van der Waals surface area contributed by atoms with Gasteiger partial charge in [-0.2, -0.15) is 8.78 Å². The van der Waals surface area contributed by atoms with E-state index in [0.717, 1.165) is 0 Å². The topological polar surface area (TPSA) is 0 Å². The number of hydrogen-bond acceptors (Lipinski definition) is 1. The number of hydrogen-bond donors (Lipinski definition) is 1. The smallest absolute Gasteiger partial charge is 0.234 e. The molecule has 0 aliphatic heterocycles. The maximum absolute atomic E-state index is 11.9. The van der Waals surface area contributed by atoms with Crippen LogP contribution in [0.3, 0.4) is 0 Å². The molecule has 0 nitrogen and oxygen atoms in total. The molecular formula is C4H4F6S. The Bertz CT molecular complexity index is 124. The minimum absolute atomic E-state index is 2.52. The van der Waals surface area contributed by atoms with Crippen molar-refractivity contribution >= 4 is 12.6 Å². The molecule has 0 radical (unpaired) electrons. The van der Waals surface area contributed by atoms with Gasteiger partial charge in [-0.25, -0.2) is 17.6 Å². The van der Waals surface area contributed by atoms with E-state index in [-0.39, 0.29) is 0 Å². The van der Waals surface area contributed by atoms with Gasteiger partial charge in [0.05, 0.1) is 0 Å². The Balaban J connectivity index is 4.29. The van der Waals surface area contributed by atoms with Crippen LogP contribution in [0.2, 0.25) is 0 Å². The molecule has 0 aliphatic carbocycles. The fourth-order valence-corrected chi connectivity index (χ4v) is 0.442. The minimum Gasteiger partial charge on any atom is -0.234 e. The second-order valence-electron chi connectivity index (χ2n) is 1.75. The van der Waals surface area contributed by atoms with Gasteiger partial charge in [0.15, 0.2) is 0 Å². The zero-order chi connectivity index (χ0) is 9.23. The molecule has 0 aromatic heterocycles. The van der Waals surface area contributed by atoms with Crippen molar-refractivity contribution < 1.29 is 26.3 Å². The maximum atomic E-state index is 11.9. The van der Waals surface area contributed by atoms with Crippen LogP contribution in [0.1, 0.15) is 0 Å². The van der Waals surface area contributed by atoms with Gasteiger partial charge >= 0.3 is 5.92 Å². The van der Waals surface area contributed by atoms with Crippen LogP contribution in [0.4, 0.5) is 26.3 Å². The van der Waals surface area contributed by atoms with E-state index in [4.69, 9.17) is 0 Å². The lowest BCUT2D eigenvalue weighted by Gasteiger charge is -2.20. The van der Waals surface area contributed by atoms with E-state index in [0.29, 0.717) is 0 Å². The van der Waals surface area contributed by atoms with Gasteiger partial charge in [0, 0.05) is 0 Å². The van der Waals surface area contributed by atoms with E-state index >= 15 is 0 Å². The molecule has 0 amide bonds. The summed E-state index contributed by atoms with van der Waals surface area (Å²) in [5.74, 6) is -4.74. The molecule has 0 bridgehead atoms. The summed E-state index contributed by atoms with van der Waals surface area (Å²) >= 11 is 2.52. The van der Waals surface area contributed by atoms with Crippen LogP contribution < -0.4 is 0 Å². The molecule has 0 aliphatic rings. The van der Waals surface area contributed by atoms with Crippen molar-refractivity contribution in [3.8, 4) is 0 Å². The zero-order valence-electron chi connectivity index (χ0n) is 4.95. The monoisotopic (exact) mass is 198 g/mol. The van der Waals surface area contributed by atoms with Crippen molar-refractivity contribution in [3.05, 3.63) is 0 Å². The third kappa shape index (κ3) is 2.46. The lowest BCUT2D eigenvalue weighted by Crippen LogP contribution is -2.41. The Hall–Kier alpha value is -0.0700. The summed E-state index contributed by atoms with van der Waals surface area (Å²) in [4.78, 5) is 0. The molecule has 0 rings (SSSR count). The van der Waals surface area contributed by atoms with Crippen LogP contribution in [0.25, 0.3) is 0 Å². The highest BCUT2D eigenvalue weighted by Crippen LogP contribution is 2.33. The van der Waals surface area contributed by atoms with Gasteiger partial charge in [0.1, 0.15) is 0 Å². The Morgan fingerprint density at radius 3 is 1.45 bits per heavy atom. The SMILES string of the molecule is FC(F)C(F)C(F)(F)C(F)S. The van der Waals surface area contributed by atoms with Crippen LogP contribution in [-0.4, -0.2) is 24.0 Å². The van der Waals surface area contributed by atoms with Crippen molar-refractivity contribution in [1.82, 2.24) is 0 Å². The van der Waals surface area contributed by atoms with Crippen LogP contribution in [0, 0.1) is 0 Å². The molecule has 2 atom stereocenters. The molecule has 0 aromatic rings. The van der Waals surface area contributed by atoms with Crippen molar-refractivity contribution in [1.29, 1.82) is 0 Å². The molecular weight excluding hydrogens is 194 g/mol. The summed E-state index contributed by atoms with van der Waals surface area (Å²) in [7, 11) is 0. The standard InChI is InChI=1S/C4H4F6S/c5-1(2(6)7)4(9,10)3(8)11/h1-3,11H. The van der Waals surface area contributed by atoms with Gasteiger partial charge in [-0.1, -0.05) is 0 Å². The third-order valence-corrected chi connectivity index (χ3v) is 1.25. The third-order valence-electron chi connectivity index (χ3n) is 0.907. The van der Waals surface area contributed by atoms with Crippen LogP contribution >= 0.6 is 12.6 Å². The second-order valence-corrected chi connectivity index (χ2v) is 2.20. The van der Waals surface area contributed by atoms with E-state index in [2.05, 4.69) is 12.6 Å². The quantitative estimate of drug-likeness (QED) is 0.522. The molecule has 0 saturated heterocycles. The normalized spacial score (nSPS) is 18.5. The molecule has 2 unspecified atom stereocenters. The molecule has 0 aromatic carbocycles. The minimum atomic E-state index is -4.74. The highest BCUT2D eigenvalue weighted by Gasteiger charge is 2.51. The van der Waals surface area contributed by atoms with Gasteiger partial charge in [-0.15, -0.1) is 12.6 Å². The highest BCUT2D eigenvalue weighted by molar-refractivity contribution is 7.80. The number of alkyl halides is 6. The van der Waals surface area contributed by atoms with E-state index in [1.165, 1.54) is 0 Å². The first-order valence-electron chi connectivity index (χ1n) is 2.42. The molecule has 0 heterocycles. The predicted molar refractivity (Wildman–Crippen MR) is 29.7 cm³/mol. The van der Waals surface area contributed by atoms with Crippen molar-refractivity contribution in [2.45, 2.75) is 24.0 Å². The van der Waals surface area contributed by atoms with E-state index < -0.39 is 24.0 Å². The van der Waals surface area contributed by atoms with E-state index in [1.54, 1.807) is 0 Å². The Labute approximate surface area is 64.0 Å². The zero-order valence-corrected chi connectivity index (χ0v) is 5.84. The molecule has 0 spiro atoms. The van der Waals surface area contributed by atoms with Gasteiger partial charge in [0.25, 0.3) is 6.43 Å². The average molecular weight is 198 g/mol. The molecule has 68 valence electrons. The largest absolute Gasteiger partial charge is 0.323 e. The van der Waals surface area contributed by atoms with Crippen LogP contribution in [-0.2, 0) is 0 Å². The lowest BCUT2D eigenvalue weighted by molar-refractivity contribution is -0.145. The summed E-state index contributed by atoms with van der Waals surface area (Å²) in [5, 5.41) is 0. The fraction of sp³-hybridized carbons (Fsp3) is 1.00. The number of rotatable bonds is 3. The molecule has 0 fully saturated rings. The van der Waals surface area contributed by atoms with Gasteiger partial charge in [-0.05, 0) is 0 Å². The Morgan fingerprint density at radius 2 is 1.36 bits per heavy atom. The Kier molecular flexibility index (Phi) is 3.53. The van der Waals surface area contributed by atoms with E-state index in [9.17, 15) is 26.3 Å². The van der Waals surface area contributed by atoms with Crippen molar-refractivity contribution in [3.63, 3.8) is 0 Å². The van der Waals surface area contributed by atoms with Crippen LogP contribution in [0.15, 0.2) is 0 Å². The number of thiol groups is 1. The molecule has 0 N–H and O–H groups in total. The summed E-state index contributed by atoms with van der Waals surface area (Å²) < 4.78 is 69.6. The van der Waals surface area contributed by atoms with Crippen molar-refractivity contribution in [2.24, 2.45) is 0 Å².